The van der Waals surface area contributed by atoms with Gasteiger partial charge < -0.3 is 5.11 Å². The highest BCUT2D eigenvalue weighted by molar-refractivity contribution is 7.99. The van der Waals surface area contributed by atoms with Crippen LogP contribution in [0.3, 0.4) is 0 Å². The number of aliphatic imine (C=N–C) groups is 2. The van der Waals surface area contributed by atoms with Gasteiger partial charge in [-0.3, -0.25) is 9.98 Å². The maximum absolute atomic E-state index is 9.40. The van der Waals surface area contributed by atoms with Gasteiger partial charge in [-0.05, 0) is 23.6 Å². The summed E-state index contributed by atoms with van der Waals surface area (Å²) in [5, 5.41) is 10.2. The first-order valence-corrected chi connectivity index (χ1v) is 7.55. The highest BCUT2D eigenvalue weighted by Crippen LogP contribution is 2.32. The summed E-state index contributed by atoms with van der Waals surface area (Å²) in [6.45, 7) is 4.16. The summed E-state index contributed by atoms with van der Waals surface area (Å²) >= 11 is 7.87. The fourth-order valence-corrected chi connectivity index (χ4v) is 3.31. The molecule has 102 valence electrons. The van der Waals surface area contributed by atoms with E-state index >= 15 is 0 Å². The van der Waals surface area contributed by atoms with Crippen molar-refractivity contribution in [2.75, 3.05) is 12.4 Å². The van der Waals surface area contributed by atoms with Crippen molar-refractivity contribution in [3.63, 3.8) is 0 Å². The summed E-state index contributed by atoms with van der Waals surface area (Å²) in [7, 11) is 0. The maximum Gasteiger partial charge on any atom is 0.182 e. The zero-order valence-electron chi connectivity index (χ0n) is 11.0. The topological polar surface area (TPSA) is 45.0 Å². The molecule has 0 saturated heterocycles. The Morgan fingerprint density at radius 2 is 2.00 bits per heavy atom. The van der Waals surface area contributed by atoms with E-state index in [1.54, 1.807) is 24.2 Å². The number of hydrogen-bond donors (Lipinski definition) is 1. The number of halogens is 1. The van der Waals surface area contributed by atoms with Crippen molar-refractivity contribution in [3.05, 3.63) is 28.8 Å². The maximum atomic E-state index is 9.40. The van der Waals surface area contributed by atoms with Crippen molar-refractivity contribution in [1.82, 2.24) is 0 Å². The van der Waals surface area contributed by atoms with Crippen LogP contribution in [-0.2, 0) is 0 Å². The number of aliphatic hydroxyl groups is 1. The molecule has 0 spiro atoms. The first-order valence-electron chi connectivity index (χ1n) is 6.18. The number of hydrogen-bond acceptors (Lipinski definition) is 4. The molecule has 0 unspecified atom stereocenters. The van der Waals surface area contributed by atoms with Crippen LogP contribution in [0.15, 0.2) is 33.1 Å². The van der Waals surface area contributed by atoms with E-state index in [-0.39, 0.29) is 6.61 Å². The van der Waals surface area contributed by atoms with Gasteiger partial charge in [-0.25, -0.2) is 0 Å². The van der Waals surface area contributed by atoms with Crippen molar-refractivity contribution in [3.8, 4) is 0 Å². The van der Waals surface area contributed by atoms with Gasteiger partial charge in [0.2, 0.25) is 0 Å². The van der Waals surface area contributed by atoms with E-state index in [9.17, 15) is 5.11 Å². The Morgan fingerprint density at radius 3 is 2.53 bits per heavy atom. The molecule has 2 rings (SSSR count). The van der Waals surface area contributed by atoms with Gasteiger partial charge in [-0.15, -0.1) is 11.8 Å². The number of nitrogens with zero attached hydrogens (tertiary/aromatic N) is 2. The number of aliphatic hydroxyl groups excluding tert-OH is 1. The lowest BCUT2D eigenvalue weighted by Crippen LogP contribution is -2.29. The Kier molecular flexibility index (Phi) is 4.66. The molecule has 0 atom stereocenters. The second kappa shape index (κ2) is 6.07. The molecule has 1 aromatic carbocycles. The van der Waals surface area contributed by atoms with Crippen LogP contribution in [0.2, 0.25) is 5.02 Å². The average molecular weight is 297 g/mol. The molecule has 3 nitrogen and oxygen atoms in total. The third kappa shape index (κ3) is 3.38. The predicted octanol–water partition coefficient (Wildman–Crippen LogP) is 3.40. The van der Waals surface area contributed by atoms with Gasteiger partial charge in [-0.2, -0.15) is 0 Å². The molecular weight excluding hydrogens is 280 g/mol. The Hall–Kier alpha value is -0.840. The van der Waals surface area contributed by atoms with Gasteiger partial charge >= 0.3 is 0 Å². The van der Waals surface area contributed by atoms with Crippen molar-refractivity contribution < 1.29 is 5.11 Å². The molecule has 1 N–H and O–H groups in total. The second-order valence-corrected chi connectivity index (χ2v) is 6.28. The molecule has 19 heavy (non-hydrogen) atoms. The van der Waals surface area contributed by atoms with Crippen LogP contribution in [0.5, 0.6) is 0 Å². The van der Waals surface area contributed by atoms with Crippen LogP contribution in [0.1, 0.15) is 25.3 Å². The van der Waals surface area contributed by atoms with Gasteiger partial charge in [0.05, 0.1) is 6.61 Å². The Bertz CT molecular complexity index is 502. The quantitative estimate of drug-likeness (QED) is 0.847. The normalized spacial score (nSPS) is 16.5. The minimum absolute atomic E-state index is 0.0786. The zero-order valence-corrected chi connectivity index (χ0v) is 12.6. The standard InChI is InChI=1S/C14H17ClN2OS/c1-10(2)12-4-3-11(7-13(12)15)19-9-14(8-18)16-5-6-17-14/h3-7,10,18H,8-9H2,1-2H3. The number of thioether (sulfide) groups is 1. The van der Waals surface area contributed by atoms with Crippen molar-refractivity contribution >= 4 is 35.8 Å². The summed E-state index contributed by atoms with van der Waals surface area (Å²) < 4.78 is 0. The van der Waals surface area contributed by atoms with Crippen LogP contribution in [0.4, 0.5) is 0 Å². The van der Waals surface area contributed by atoms with Crippen LogP contribution in [0, 0.1) is 0 Å². The summed E-state index contributed by atoms with van der Waals surface area (Å²) in [5.41, 5.74) is 0.438. The SMILES string of the molecule is CC(C)c1ccc(SCC2(CO)N=CC=N2)cc1Cl. The smallest absolute Gasteiger partial charge is 0.182 e. The molecule has 1 heterocycles. The Morgan fingerprint density at radius 1 is 1.32 bits per heavy atom. The first kappa shape index (κ1) is 14.6. The molecule has 0 saturated carbocycles. The van der Waals surface area contributed by atoms with E-state index < -0.39 is 5.66 Å². The minimum atomic E-state index is -0.714. The van der Waals surface area contributed by atoms with Gasteiger partial charge in [-0.1, -0.05) is 31.5 Å². The molecule has 0 aromatic heterocycles. The third-order valence-electron chi connectivity index (χ3n) is 3.01. The van der Waals surface area contributed by atoms with Crippen LogP contribution < -0.4 is 0 Å². The first-order chi connectivity index (χ1) is 9.06. The summed E-state index contributed by atoms with van der Waals surface area (Å²) in [4.78, 5) is 9.50. The lowest BCUT2D eigenvalue weighted by Gasteiger charge is -2.19. The lowest BCUT2D eigenvalue weighted by atomic mass is 10.0. The molecule has 0 fully saturated rings. The van der Waals surface area contributed by atoms with Crippen molar-refractivity contribution in [1.29, 1.82) is 0 Å². The van der Waals surface area contributed by atoms with Gasteiger partial charge in [0.1, 0.15) is 0 Å². The van der Waals surface area contributed by atoms with E-state index in [0.29, 0.717) is 11.7 Å². The van der Waals surface area contributed by atoms with Crippen molar-refractivity contribution in [2.45, 2.75) is 30.3 Å². The molecule has 0 amide bonds. The third-order valence-corrected chi connectivity index (χ3v) is 4.53. The molecule has 5 heteroatoms. The van der Waals surface area contributed by atoms with E-state index in [1.165, 1.54) is 0 Å². The van der Waals surface area contributed by atoms with E-state index in [4.69, 9.17) is 11.6 Å². The molecular formula is C14H17ClN2OS. The molecule has 0 aliphatic carbocycles. The van der Waals surface area contributed by atoms with Crippen LogP contribution in [-0.4, -0.2) is 35.6 Å². The second-order valence-electron chi connectivity index (χ2n) is 4.82. The van der Waals surface area contributed by atoms with E-state index in [0.717, 1.165) is 15.5 Å². The summed E-state index contributed by atoms with van der Waals surface area (Å²) in [5.74, 6) is 1.02. The van der Waals surface area contributed by atoms with E-state index in [1.807, 2.05) is 6.07 Å². The molecule has 0 radical (unpaired) electrons. The average Bonchev–Trinajstić information content (AvgIpc) is 2.85. The van der Waals surface area contributed by atoms with Crippen LogP contribution >= 0.6 is 23.4 Å². The Labute approximate surface area is 122 Å². The monoisotopic (exact) mass is 296 g/mol. The largest absolute Gasteiger partial charge is 0.392 e. The fraction of sp³-hybridized carbons (Fsp3) is 0.429. The molecule has 0 bridgehead atoms. The highest BCUT2D eigenvalue weighted by atomic mass is 35.5. The summed E-state index contributed by atoms with van der Waals surface area (Å²) in [6.07, 6.45) is 3.26. The summed E-state index contributed by atoms with van der Waals surface area (Å²) in [6, 6.07) is 6.08. The van der Waals surface area contributed by atoms with Gasteiger partial charge in [0.15, 0.2) is 5.66 Å². The fourth-order valence-electron chi connectivity index (χ4n) is 1.84. The van der Waals surface area contributed by atoms with Gasteiger partial charge in [0, 0.05) is 28.1 Å². The van der Waals surface area contributed by atoms with E-state index in [2.05, 4.69) is 36.0 Å². The lowest BCUT2D eigenvalue weighted by molar-refractivity contribution is 0.222. The molecule has 1 aromatic rings. The number of rotatable bonds is 5. The molecule has 1 aliphatic rings. The Balaban J connectivity index is 2.06. The number of benzene rings is 1. The highest BCUT2D eigenvalue weighted by Gasteiger charge is 2.28. The van der Waals surface area contributed by atoms with Gasteiger partial charge in [0.25, 0.3) is 0 Å². The zero-order chi connectivity index (χ0) is 13.9. The predicted molar refractivity (Wildman–Crippen MR) is 83.1 cm³/mol. The van der Waals surface area contributed by atoms with Crippen molar-refractivity contribution in [2.24, 2.45) is 9.98 Å². The minimum Gasteiger partial charge on any atom is -0.392 e. The molecule has 1 aliphatic heterocycles. The van der Waals surface area contributed by atoms with Crippen LogP contribution in [0.25, 0.3) is 0 Å².